The largest absolute Gasteiger partial charge is 0.315 e. The molecule has 0 amide bonds. The first-order chi connectivity index (χ1) is 14.6. The zero-order valence-electron chi connectivity index (χ0n) is 16.8. The molecule has 3 aromatic carbocycles. The molecule has 0 atom stereocenters. The summed E-state index contributed by atoms with van der Waals surface area (Å²) in [5, 5.41) is 14.7. The van der Waals surface area contributed by atoms with Gasteiger partial charge in [0.2, 0.25) is 0 Å². The molecular weight excluding hydrogens is 426 g/mol. The molecule has 6 nitrogen and oxygen atoms in total. The highest BCUT2D eigenvalue weighted by Crippen LogP contribution is 2.35. The predicted molar refractivity (Wildman–Crippen MR) is 112 cm³/mol. The smallest absolute Gasteiger partial charge is 0.282 e. The number of halogens is 2. The molecule has 0 unspecified atom stereocenters. The van der Waals surface area contributed by atoms with Crippen molar-refractivity contribution in [2.24, 2.45) is 0 Å². The number of nitro groups is 1. The number of nitro benzene ring substituents is 1. The molecule has 31 heavy (non-hydrogen) atoms. The zero-order valence-corrected chi connectivity index (χ0v) is 17.6. The van der Waals surface area contributed by atoms with Gasteiger partial charge < -0.3 is 5.32 Å². The van der Waals surface area contributed by atoms with Crippen LogP contribution in [0.25, 0.3) is 11.1 Å². The second kappa shape index (κ2) is 8.91. The fraction of sp³-hybridized carbons (Fsp3) is 0.182. The van der Waals surface area contributed by atoms with Gasteiger partial charge in [-0.2, -0.15) is 0 Å². The maximum absolute atomic E-state index is 14.1. The van der Waals surface area contributed by atoms with E-state index in [1.165, 1.54) is 36.4 Å². The highest BCUT2D eigenvalue weighted by molar-refractivity contribution is 7.90. The zero-order chi connectivity index (χ0) is 22.8. The lowest BCUT2D eigenvalue weighted by atomic mass is 9.94. The van der Waals surface area contributed by atoms with E-state index in [0.717, 1.165) is 18.4 Å². The average Bonchev–Trinajstić information content (AvgIpc) is 2.70. The van der Waals surface area contributed by atoms with E-state index >= 15 is 0 Å². The van der Waals surface area contributed by atoms with Crippen molar-refractivity contribution in [3.63, 3.8) is 0 Å². The van der Waals surface area contributed by atoms with E-state index in [4.69, 9.17) is 0 Å². The molecule has 0 saturated carbocycles. The van der Waals surface area contributed by atoms with Gasteiger partial charge in [-0.1, -0.05) is 18.2 Å². The van der Waals surface area contributed by atoms with Gasteiger partial charge in [0, 0.05) is 24.8 Å². The third-order valence-electron chi connectivity index (χ3n) is 4.73. The Bertz CT molecular complexity index is 1220. The van der Waals surface area contributed by atoms with Crippen LogP contribution in [0, 0.1) is 27.8 Å². The van der Waals surface area contributed by atoms with Crippen molar-refractivity contribution in [3.8, 4) is 11.1 Å². The summed E-state index contributed by atoms with van der Waals surface area (Å²) in [6.45, 7) is 0.109. The fourth-order valence-corrected chi connectivity index (χ4v) is 3.93. The van der Waals surface area contributed by atoms with Gasteiger partial charge in [0.15, 0.2) is 9.84 Å². The summed E-state index contributed by atoms with van der Waals surface area (Å²) in [6.07, 6.45) is 0.912. The van der Waals surface area contributed by atoms with Gasteiger partial charge in [0.1, 0.15) is 11.6 Å². The topological polar surface area (TPSA) is 89.3 Å². The Labute approximate surface area is 178 Å². The Balaban J connectivity index is 2.19. The number of nitrogens with zero attached hydrogens (tertiary/aromatic N) is 1. The molecule has 0 spiro atoms. The molecule has 1 radical (unpaired) electrons. The number of nitrogens with one attached hydrogen (secondary N) is 1. The Morgan fingerprint density at radius 1 is 1.10 bits per heavy atom. The first kappa shape index (κ1) is 22.5. The van der Waals surface area contributed by atoms with E-state index in [0.29, 0.717) is 11.1 Å². The van der Waals surface area contributed by atoms with Crippen LogP contribution in [-0.2, 0) is 22.8 Å². The molecule has 0 aliphatic rings. The number of benzene rings is 3. The van der Waals surface area contributed by atoms with Gasteiger partial charge in [-0.3, -0.25) is 10.1 Å². The van der Waals surface area contributed by atoms with E-state index in [-0.39, 0.29) is 40.2 Å². The molecule has 3 aromatic rings. The monoisotopic (exact) mass is 445 g/mol. The highest BCUT2D eigenvalue weighted by Gasteiger charge is 2.23. The summed E-state index contributed by atoms with van der Waals surface area (Å²) in [4.78, 5) is 11.4. The average molecular weight is 445 g/mol. The summed E-state index contributed by atoms with van der Waals surface area (Å²) in [6, 6.07) is 13.6. The Hall–Kier alpha value is -3.17. The van der Waals surface area contributed by atoms with Gasteiger partial charge >= 0.3 is 0 Å². The first-order valence-electron chi connectivity index (χ1n) is 9.22. The van der Waals surface area contributed by atoms with Crippen molar-refractivity contribution < 1.29 is 22.1 Å². The summed E-state index contributed by atoms with van der Waals surface area (Å²) >= 11 is 0. The molecule has 1 N–H and O–H groups in total. The summed E-state index contributed by atoms with van der Waals surface area (Å²) in [5.41, 5.74) is 0.827. The molecule has 0 heterocycles. The number of hydrogen-bond acceptors (Lipinski definition) is 5. The maximum atomic E-state index is 14.1. The lowest BCUT2D eigenvalue weighted by molar-refractivity contribution is -0.384. The molecule has 0 saturated heterocycles. The van der Waals surface area contributed by atoms with E-state index < -0.39 is 26.4 Å². The van der Waals surface area contributed by atoms with Crippen molar-refractivity contribution in [1.82, 2.24) is 5.32 Å². The summed E-state index contributed by atoms with van der Waals surface area (Å²) < 4.78 is 51.7. The molecule has 161 valence electrons. The van der Waals surface area contributed by atoms with Crippen LogP contribution in [0.5, 0.6) is 0 Å². The summed E-state index contributed by atoms with van der Waals surface area (Å²) in [5.74, 6) is -1.44. The minimum atomic E-state index is -3.44. The normalized spacial score (nSPS) is 11.5. The first-order valence-corrected chi connectivity index (χ1v) is 11.1. The van der Waals surface area contributed by atoms with Gasteiger partial charge in [0.05, 0.1) is 20.9 Å². The van der Waals surface area contributed by atoms with E-state index in [1.54, 1.807) is 7.05 Å². The van der Waals surface area contributed by atoms with E-state index in [2.05, 4.69) is 11.4 Å². The Kier molecular flexibility index (Phi) is 6.47. The van der Waals surface area contributed by atoms with Crippen LogP contribution < -0.4 is 5.32 Å². The summed E-state index contributed by atoms with van der Waals surface area (Å²) in [7, 11) is -1.82. The van der Waals surface area contributed by atoms with Crippen LogP contribution in [0.4, 0.5) is 14.5 Å². The minimum Gasteiger partial charge on any atom is -0.315 e. The third kappa shape index (κ3) is 4.95. The molecule has 0 aliphatic heterocycles. The lowest BCUT2D eigenvalue weighted by Gasteiger charge is -2.13. The molecule has 0 aliphatic carbocycles. The van der Waals surface area contributed by atoms with Crippen molar-refractivity contribution in [1.29, 1.82) is 0 Å². The number of hydrogen-bond donors (Lipinski definition) is 1. The van der Waals surface area contributed by atoms with Gasteiger partial charge in [-0.05, 0) is 54.6 Å². The van der Waals surface area contributed by atoms with Crippen LogP contribution in [0.3, 0.4) is 0 Å². The molecule has 3 rings (SSSR count). The van der Waals surface area contributed by atoms with E-state index in [1.807, 2.05) is 0 Å². The Morgan fingerprint density at radius 2 is 1.71 bits per heavy atom. The van der Waals surface area contributed by atoms with E-state index in [9.17, 15) is 27.3 Å². The van der Waals surface area contributed by atoms with Gasteiger partial charge in [-0.25, -0.2) is 17.2 Å². The second-order valence-corrected chi connectivity index (χ2v) is 9.01. The SMILES string of the molecule is CNCc1[c]c(Cc2c(F)cccc2F)cc(-c2ccc(S(C)(=O)=O)cc2)c1[N+](=O)[O-]. The lowest BCUT2D eigenvalue weighted by Crippen LogP contribution is -2.10. The van der Waals surface area contributed by atoms with Crippen molar-refractivity contribution in [2.75, 3.05) is 13.3 Å². The Morgan fingerprint density at radius 3 is 2.23 bits per heavy atom. The second-order valence-electron chi connectivity index (χ2n) is 7.00. The number of sulfone groups is 1. The van der Waals surface area contributed by atoms with Crippen LogP contribution in [0.15, 0.2) is 53.4 Å². The van der Waals surface area contributed by atoms with Crippen molar-refractivity contribution in [2.45, 2.75) is 17.9 Å². The minimum absolute atomic E-state index is 0.0745. The standard InChI is InChI=1S/C22H19F2N2O4S/c1-25-13-16-10-14(12-19-20(23)4-3-5-21(19)24)11-18(22(16)26(27)28)15-6-8-17(9-7-15)31(2,29)30/h3-9,11,25H,12-13H2,1-2H3. The van der Waals surface area contributed by atoms with Crippen molar-refractivity contribution in [3.05, 3.63) is 93.0 Å². The molecule has 0 fully saturated rings. The van der Waals surface area contributed by atoms with Crippen LogP contribution >= 0.6 is 0 Å². The fourth-order valence-electron chi connectivity index (χ4n) is 3.30. The van der Waals surface area contributed by atoms with Gasteiger partial charge in [0.25, 0.3) is 5.69 Å². The van der Waals surface area contributed by atoms with Crippen LogP contribution in [0.2, 0.25) is 0 Å². The predicted octanol–water partition coefficient (Wildman–Crippen LogP) is 4.05. The van der Waals surface area contributed by atoms with Gasteiger partial charge in [-0.15, -0.1) is 0 Å². The highest BCUT2D eigenvalue weighted by atomic mass is 32.2. The number of rotatable bonds is 7. The molecule has 0 aromatic heterocycles. The van der Waals surface area contributed by atoms with Crippen LogP contribution in [-0.4, -0.2) is 26.6 Å². The van der Waals surface area contributed by atoms with Crippen molar-refractivity contribution >= 4 is 15.5 Å². The quantitative estimate of drug-likeness (QED) is 0.438. The van der Waals surface area contributed by atoms with Crippen LogP contribution in [0.1, 0.15) is 16.7 Å². The molecule has 9 heteroatoms. The third-order valence-corrected chi connectivity index (χ3v) is 5.86. The maximum Gasteiger partial charge on any atom is 0.282 e. The molecular formula is C22H19F2N2O4S. The molecule has 0 bridgehead atoms.